The number of aromatic nitrogens is 1. The maximum absolute atomic E-state index is 12.6. The summed E-state index contributed by atoms with van der Waals surface area (Å²) >= 11 is 15.3. The molecule has 0 radical (unpaired) electrons. The van der Waals surface area contributed by atoms with Crippen LogP contribution < -0.4 is 9.47 Å². The van der Waals surface area contributed by atoms with Gasteiger partial charge in [-0.1, -0.05) is 76.9 Å². The van der Waals surface area contributed by atoms with Gasteiger partial charge in [0.1, 0.15) is 24.7 Å². The van der Waals surface area contributed by atoms with Crippen LogP contribution in [-0.4, -0.2) is 16.1 Å². The molecule has 1 heterocycles. The zero-order valence-corrected chi connectivity index (χ0v) is 27.0. The van der Waals surface area contributed by atoms with Crippen LogP contribution in [-0.2, 0) is 24.0 Å². The molecule has 0 aliphatic rings. The standard InChI is InChI=1S/C32H32Cl2INO4/c1-31(2,3)18-7-11-27(23(33)13-18)39-16-22-21-15-20(35)9-10-25(21)36-26(29(22)30(37)38)17-40-28-12-8-19(14-24(28)34)32(4,5)6/h7-15H,16-17H2,1-6H3,(H,37,38). The average molecular weight is 692 g/mol. The molecule has 0 saturated heterocycles. The van der Waals surface area contributed by atoms with E-state index in [2.05, 4.69) is 69.1 Å². The van der Waals surface area contributed by atoms with Gasteiger partial charge in [-0.25, -0.2) is 9.78 Å². The Kier molecular flexibility index (Phi) is 8.93. The molecular formula is C32H32Cl2INO4. The first kappa shape index (κ1) is 30.4. The van der Waals surface area contributed by atoms with E-state index in [1.807, 2.05) is 48.5 Å². The minimum absolute atomic E-state index is 0.0105. The number of rotatable bonds is 7. The summed E-state index contributed by atoms with van der Waals surface area (Å²) in [5.74, 6) is -0.182. The summed E-state index contributed by atoms with van der Waals surface area (Å²) in [5.41, 5.74) is 3.48. The van der Waals surface area contributed by atoms with Crippen molar-refractivity contribution in [2.45, 2.75) is 65.6 Å². The first-order chi connectivity index (χ1) is 18.6. The van der Waals surface area contributed by atoms with Gasteiger partial charge in [0.05, 0.1) is 26.8 Å². The molecule has 0 unspecified atom stereocenters. The van der Waals surface area contributed by atoms with Gasteiger partial charge in [0, 0.05) is 14.5 Å². The molecule has 0 fully saturated rings. The molecule has 1 aromatic heterocycles. The van der Waals surface area contributed by atoms with Crippen LogP contribution in [0.1, 0.15) is 74.3 Å². The maximum atomic E-state index is 12.6. The van der Waals surface area contributed by atoms with Crippen molar-refractivity contribution in [2.24, 2.45) is 0 Å². The van der Waals surface area contributed by atoms with Gasteiger partial charge < -0.3 is 14.6 Å². The van der Waals surface area contributed by atoms with E-state index in [4.69, 9.17) is 32.7 Å². The number of nitrogens with zero attached hydrogens (tertiary/aromatic N) is 1. The number of pyridine rings is 1. The van der Waals surface area contributed by atoms with Gasteiger partial charge in [0.2, 0.25) is 0 Å². The van der Waals surface area contributed by atoms with E-state index >= 15 is 0 Å². The smallest absolute Gasteiger partial charge is 0.338 e. The Balaban J connectivity index is 1.72. The quantitative estimate of drug-likeness (QED) is 0.196. The highest BCUT2D eigenvalue weighted by atomic mass is 127. The van der Waals surface area contributed by atoms with E-state index in [1.54, 1.807) is 6.07 Å². The molecule has 0 saturated carbocycles. The normalized spacial score (nSPS) is 12.0. The highest BCUT2D eigenvalue weighted by Crippen LogP contribution is 2.35. The molecule has 0 aliphatic carbocycles. The number of carboxylic acids is 1. The Morgan fingerprint density at radius 3 is 1.82 bits per heavy atom. The lowest BCUT2D eigenvalue weighted by molar-refractivity contribution is 0.0690. The maximum Gasteiger partial charge on any atom is 0.338 e. The molecule has 4 aromatic rings. The van der Waals surface area contributed by atoms with Crippen LogP contribution in [0.25, 0.3) is 10.9 Å². The topological polar surface area (TPSA) is 68.7 Å². The number of hydrogen-bond donors (Lipinski definition) is 1. The van der Waals surface area contributed by atoms with Crippen molar-refractivity contribution in [1.82, 2.24) is 4.98 Å². The molecule has 1 N–H and O–H groups in total. The van der Waals surface area contributed by atoms with Crippen molar-refractivity contribution in [3.63, 3.8) is 0 Å². The van der Waals surface area contributed by atoms with Crippen LogP contribution in [0.15, 0.2) is 54.6 Å². The van der Waals surface area contributed by atoms with Crippen molar-refractivity contribution in [2.75, 3.05) is 0 Å². The van der Waals surface area contributed by atoms with Gasteiger partial charge in [0.15, 0.2) is 0 Å². The molecular weight excluding hydrogens is 660 g/mol. The number of benzene rings is 3. The summed E-state index contributed by atoms with van der Waals surface area (Å²) < 4.78 is 13.1. The monoisotopic (exact) mass is 691 g/mol. The molecule has 0 amide bonds. The van der Waals surface area contributed by atoms with Gasteiger partial charge in [0.25, 0.3) is 0 Å². The second-order valence-electron chi connectivity index (χ2n) is 11.7. The minimum Gasteiger partial charge on any atom is -0.487 e. The fourth-order valence-corrected chi connectivity index (χ4v) is 5.29. The number of ether oxygens (including phenoxy) is 2. The Morgan fingerprint density at radius 2 is 1.35 bits per heavy atom. The fraction of sp³-hybridized carbons (Fsp3) is 0.312. The minimum atomic E-state index is -1.12. The van der Waals surface area contributed by atoms with E-state index in [0.29, 0.717) is 38.0 Å². The third-order valence-electron chi connectivity index (χ3n) is 6.68. The van der Waals surface area contributed by atoms with Gasteiger partial charge >= 0.3 is 5.97 Å². The molecule has 4 rings (SSSR count). The molecule has 5 nitrogen and oxygen atoms in total. The predicted octanol–water partition coefficient (Wildman–Crippen LogP) is 9.60. The van der Waals surface area contributed by atoms with E-state index in [0.717, 1.165) is 14.7 Å². The van der Waals surface area contributed by atoms with Crippen LogP contribution in [0.3, 0.4) is 0 Å². The largest absolute Gasteiger partial charge is 0.487 e. The molecule has 210 valence electrons. The number of fused-ring (bicyclic) bond motifs is 1. The van der Waals surface area contributed by atoms with Crippen molar-refractivity contribution in [3.05, 3.63) is 96.2 Å². The Hall–Kier alpha value is -2.55. The number of carbonyl (C=O) groups is 1. The SMILES string of the molecule is CC(C)(C)c1ccc(OCc2nc3ccc(I)cc3c(COc3ccc(C(C)(C)C)cc3Cl)c2C(=O)O)c(Cl)c1. The van der Waals surface area contributed by atoms with Crippen LogP contribution in [0.4, 0.5) is 0 Å². The summed E-state index contributed by atoms with van der Waals surface area (Å²) in [6.45, 7) is 12.6. The first-order valence-electron chi connectivity index (χ1n) is 12.8. The molecule has 0 spiro atoms. The lowest BCUT2D eigenvalue weighted by Gasteiger charge is -2.21. The van der Waals surface area contributed by atoms with Gasteiger partial charge in [-0.2, -0.15) is 0 Å². The van der Waals surface area contributed by atoms with Gasteiger partial charge in [-0.3, -0.25) is 0 Å². The van der Waals surface area contributed by atoms with Crippen molar-refractivity contribution < 1.29 is 19.4 Å². The molecule has 40 heavy (non-hydrogen) atoms. The van der Waals surface area contributed by atoms with Crippen LogP contribution >= 0.6 is 45.8 Å². The fourth-order valence-electron chi connectivity index (χ4n) is 4.33. The van der Waals surface area contributed by atoms with E-state index in [1.165, 1.54) is 0 Å². The Bertz CT molecular complexity index is 1590. The Morgan fingerprint density at radius 1 is 0.825 bits per heavy atom. The summed E-state index contributed by atoms with van der Waals surface area (Å²) in [4.78, 5) is 17.3. The summed E-state index contributed by atoms with van der Waals surface area (Å²) in [5, 5.41) is 11.9. The summed E-state index contributed by atoms with van der Waals surface area (Å²) in [6, 6.07) is 17.0. The van der Waals surface area contributed by atoms with E-state index in [-0.39, 0.29) is 35.3 Å². The third-order valence-corrected chi connectivity index (χ3v) is 7.94. The van der Waals surface area contributed by atoms with Crippen molar-refractivity contribution in [3.8, 4) is 11.5 Å². The number of halogens is 3. The number of carboxylic acid groups (broad SMARTS) is 1. The van der Waals surface area contributed by atoms with Crippen LogP contribution in [0, 0.1) is 3.57 Å². The predicted molar refractivity (Wildman–Crippen MR) is 170 cm³/mol. The summed E-state index contributed by atoms with van der Waals surface area (Å²) in [6.07, 6.45) is 0. The average Bonchev–Trinajstić information content (AvgIpc) is 2.85. The second-order valence-corrected chi connectivity index (χ2v) is 13.8. The zero-order valence-electron chi connectivity index (χ0n) is 23.4. The summed E-state index contributed by atoms with van der Waals surface area (Å²) in [7, 11) is 0. The van der Waals surface area contributed by atoms with Crippen molar-refractivity contribution >= 4 is 62.7 Å². The second kappa shape index (κ2) is 11.7. The highest BCUT2D eigenvalue weighted by molar-refractivity contribution is 14.1. The van der Waals surface area contributed by atoms with Crippen LogP contribution in [0.5, 0.6) is 11.5 Å². The molecule has 0 bridgehead atoms. The molecule has 0 aliphatic heterocycles. The van der Waals surface area contributed by atoms with Gasteiger partial charge in [-0.15, -0.1) is 0 Å². The lowest BCUT2D eigenvalue weighted by atomic mass is 9.87. The Labute approximate surface area is 259 Å². The van der Waals surface area contributed by atoms with Crippen molar-refractivity contribution in [1.29, 1.82) is 0 Å². The molecule has 0 atom stereocenters. The zero-order chi connectivity index (χ0) is 29.4. The van der Waals surface area contributed by atoms with Gasteiger partial charge in [-0.05, 0) is 87.0 Å². The van der Waals surface area contributed by atoms with E-state index < -0.39 is 5.97 Å². The molecule has 8 heteroatoms. The highest BCUT2D eigenvalue weighted by Gasteiger charge is 2.23. The van der Waals surface area contributed by atoms with E-state index in [9.17, 15) is 9.90 Å². The number of hydrogen-bond acceptors (Lipinski definition) is 4. The molecule has 3 aromatic carbocycles. The first-order valence-corrected chi connectivity index (χ1v) is 14.7. The third kappa shape index (κ3) is 6.84. The van der Waals surface area contributed by atoms with Crippen LogP contribution in [0.2, 0.25) is 10.0 Å². The lowest BCUT2D eigenvalue weighted by Crippen LogP contribution is -2.15. The number of aromatic carboxylic acids is 1.